The summed E-state index contributed by atoms with van der Waals surface area (Å²) in [5.41, 5.74) is 0.540. The normalized spacial score (nSPS) is 21.0. The molecule has 3 aliphatic rings. The second-order valence-electron chi connectivity index (χ2n) is 11.9. The summed E-state index contributed by atoms with van der Waals surface area (Å²) in [6, 6.07) is 7.51. The number of benzene rings is 1. The summed E-state index contributed by atoms with van der Waals surface area (Å²) >= 11 is 6.19. The number of anilines is 2. The fraction of sp³-hybridized carbons (Fsp3) is 0.552. The van der Waals surface area contributed by atoms with Crippen LogP contribution < -0.4 is 10.2 Å². The number of hydrogen-bond donors (Lipinski definition) is 1. The highest BCUT2D eigenvalue weighted by Gasteiger charge is 2.47. The maximum Gasteiger partial charge on any atom is 0.410 e. The molecule has 2 saturated heterocycles. The summed E-state index contributed by atoms with van der Waals surface area (Å²) in [7, 11) is 0. The lowest BCUT2D eigenvalue weighted by Crippen LogP contribution is -2.58. The Bertz CT molecular complexity index is 1280. The molecule has 1 N–H and O–H groups in total. The minimum Gasteiger partial charge on any atom is -0.444 e. The summed E-state index contributed by atoms with van der Waals surface area (Å²) in [5.74, 6) is 1.45. The molecule has 0 radical (unpaired) electrons. The van der Waals surface area contributed by atoms with Gasteiger partial charge >= 0.3 is 6.09 Å². The van der Waals surface area contributed by atoms with E-state index in [0.717, 1.165) is 16.9 Å². The lowest BCUT2D eigenvalue weighted by Gasteiger charge is -2.45. The van der Waals surface area contributed by atoms with Gasteiger partial charge in [0.05, 0.1) is 5.41 Å². The van der Waals surface area contributed by atoms with Gasteiger partial charge in [-0.15, -0.1) is 0 Å². The van der Waals surface area contributed by atoms with Crippen molar-refractivity contribution in [2.75, 3.05) is 49.5 Å². The number of amides is 3. The van der Waals surface area contributed by atoms with Crippen molar-refractivity contribution in [3.63, 3.8) is 0 Å². The average molecular weight is 569 g/mol. The van der Waals surface area contributed by atoms with Crippen LogP contribution in [0.15, 0.2) is 30.6 Å². The molecular weight excluding hydrogens is 532 g/mol. The van der Waals surface area contributed by atoms with Crippen LogP contribution in [-0.4, -0.2) is 82.5 Å². The van der Waals surface area contributed by atoms with Crippen molar-refractivity contribution in [1.29, 1.82) is 0 Å². The fourth-order valence-electron chi connectivity index (χ4n) is 5.97. The standard InChI is InChI=1S/C29H37ClN6O4/c1-19-17-22(37)33-24-23(19)25(32-18-31-24)34-13-15-35(16-14-34)26(38)29(20-5-7-21(30)8-6-20)9-11-36(12-10-29)27(39)40-28(2,3)4/h5-8,18-19H,9-17H2,1-4H3,(H,31,32,33,37)/t19-/m1/s1. The van der Waals surface area contributed by atoms with Gasteiger partial charge in [0.25, 0.3) is 0 Å². The first-order valence-electron chi connectivity index (χ1n) is 13.9. The maximum atomic E-state index is 14.3. The van der Waals surface area contributed by atoms with Crippen LogP contribution >= 0.6 is 11.6 Å². The van der Waals surface area contributed by atoms with Gasteiger partial charge in [-0.2, -0.15) is 0 Å². The number of carbonyl (C=O) groups excluding carboxylic acids is 3. The molecule has 40 heavy (non-hydrogen) atoms. The number of hydrogen-bond acceptors (Lipinski definition) is 7. The number of piperidine rings is 1. The van der Waals surface area contributed by atoms with Crippen molar-refractivity contribution in [2.45, 2.75) is 63.9 Å². The molecule has 2 aromatic rings. The van der Waals surface area contributed by atoms with E-state index in [4.69, 9.17) is 16.3 Å². The van der Waals surface area contributed by atoms with Crippen LogP contribution in [0.3, 0.4) is 0 Å². The molecule has 3 amide bonds. The molecule has 0 saturated carbocycles. The predicted molar refractivity (Wildman–Crippen MR) is 153 cm³/mol. The van der Waals surface area contributed by atoms with E-state index < -0.39 is 11.0 Å². The summed E-state index contributed by atoms with van der Waals surface area (Å²) in [5, 5.41) is 3.48. The number of ether oxygens (including phenoxy) is 1. The molecule has 1 aromatic carbocycles. The number of fused-ring (bicyclic) bond motifs is 1. The molecule has 2 fully saturated rings. The molecule has 214 valence electrons. The number of likely N-dealkylation sites (tertiary alicyclic amines) is 1. The Labute approximate surface area is 240 Å². The Morgan fingerprint density at radius 1 is 1.00 bits per heavy atom. The van der Waals surface area contributed by atoms with E-state index in [-0.39, 0.29) is 23.8 Å². The monoisotopic (exact) mass is 568 g/mol. The van der Waals surface area contributed by atoms with Gasteiger partial charge in [0, 0.05) is 56.3 Å². The molecule has 0 bridgehead atoms. The average Bonchev–Trinajstić information content (AvgIpc) is 2.92. The highest BCUT2D eigenvalue weighted by atomic mass is 35.5. The van der Waals surface area contributed by atoms with Gasteiger partial charge in [-0.3, -0.25) is 9.59 Å². The largest absolute Gasteiger partial charge is 0.444 e. The number of aromatic nitrogens is 2. The number of nitrogens with one attached hydrogen (secondary N) is 1. The highest BCUT2D eigenvalue weighted by molar-refractivity contribution is 6.30. The lowest BCUT2D eigenvalue weighted by molar-refractivity contribution is -0.140. The first kappa shape index (κ1) is 28.1. The first-order valence-corrected chi connectivity index (χ1v) is 14.3. The molecule has 1 aromatic heterocycles. The summed E-state index contributed by atoms with van der Waals surface area (Å²) in [6.45, 7) is 10.8. The zero-order valence-electron chi connectivity index (χ0n) is 23.6. The van der Waals surface area contributed by atoms with E-state index in [1.165, 1.54) is 6.33 Å². The molecule has 1 atom stereocenters. The zero-order valence-corrected chi connectivity index (χ0v) is 24.3. The van der Waals surface area contributed by atoms with Crippen LogP contribution in [0.25, 0.3) is 0 Å². The Morgan fingerprint density at radius 2 is 1.65 bits per heavy atom. The van der Waals surface area contributed by atoms with Gasteiger partial charge < -0.3 is 24.8 Å². The molecule has 0 spiro atoms. The van der Waals surface area contributed by atoms with Crippen molar-refractivity contribution < 1.29 is 19.1 Å². The van der Waals surface area contributed by atoms with E-state index in [1.807, 2.05) is 56.9 Å². The zero-order chi connectivity index (χ0) is 28.7. The van der Waals surface area contributed by atoms with E-state index >= 15 is 0 Å². The first-order chi connectivity index (χ1) is 19.0. The predicted octanol–water partition coefficient (Wildman–Crippen LogP) is 4.19. The number of rotatable bonds is 3. The molecule has 0 aliphatic carbocycles. The second kappa shape index (κ2) is 10.9. The van der Waals surface area contributed by atoms with Crippen molar-refractivity contribution in [2.24, 2.45) is 0 Å². The molecule has 10 nitrogen and oxygen atoms in total. The minimum atomic E-state index is -0.752. The SMILES string of the molecule is C[C@@H]1CC(=O)Nc2ncnc(N3CCN(C(=O)C4(c5ccc(Cl)cc5)CCN(C(=O)OC(C)(C)C)CC4)CC3)c21. The topological polar surface area (TPSA) is 108 Å². The van der Waals surface area contributed by atoms with Crippen LogP contribution in [0.2, 0.25) is 5.02 Å². The Morgan fingerprint density at radius 3 is 2.27 bits per heavy atom. The Kier molecular flexibility index (Phi) is 7.65. The van der Waals surface area contributed by atoms with Crippen LogP contribution in [0.1, 0.15) is 64.0 Å². The number of piperazine rings is 1. The molecule has 3 aliphatic heterocycles. The van der Waals surface area contributed by atoms with Crippen LogP contribution in [-0.2, 0) is 19.7 Å². The number of halogens is 1. The third-order valence-electron chi connectivity index (χ3n) is 8.05. The third-order valence-corrected chi connectivity index (χ3v) is 8.30. The summed E-state index contributed by atoms with van der Waals surface area (Å²) in [4.78, 5) is 53.7. The molecule has 0 unspecified atom stereocenters. The second-order valence-corrected chi connectivity index (χ2v) is 12.4. The molecule has 5 rings (SSSR count). The number of carbonyl (C=O) groups is 3. The molecule has 11 heteroatoms. The molecule has 4 heterocycles. The Balaban J connectivity index is 1.33. The van der Waals surface area contributed by atoms with Crippen molar-refractivity contribution in [3.8, 4) is 0 Å². The number of nitrogens with zero attached hydrogens (tertiary/aromatic N) is 5. The highest BCUT2D eigenvalue weighted by Crippen LogP contribution is 2.40. The van der Waals surface area contributed by atoms with Crippen molar-refractivity contribution in [3.05, 3.63) is 46.7 Å². The summed E-state index contributed by atoms with van der Waals surface area (Å²) in [6.07, 6.45) is 2.54. The van der Waals surface area contributed by atoms with E-state index in [9.17, 15) is 14.4 Å². The fourth-order valence-corrected chi connectivity index (χ4v) is 6.10. The van der Waals surface area contributed by atoms with Crippen LogP contribution in [0.4, 0.5) is 16.4 Å². The summed E-state index contributed by atoms with van der Waals surface area (Å²) < 4.78 is 5.59. The minimum absolute atomic E-state index is 0.0166. The molecular formula is C29H37ClN6O4. The van der Waals surface area contributed by atoms with E-state index in [2.05, 4.69) is 20.2 Å². The van der Waals surface area contributed by atoms with Gasteiger partial charge in [0.1, 0.15) is 23.6 Å². The quantitative estimate of drug-likeness (QED) is 0.591. The third kappa shape index (κ3) is 5.59. The van der Waals surface area contributed by atoms with Gasteiger partial charge in [0.2, 0.25) is 11.8 Å². The van der Waals surface area contributed by atoms with Crippen LogP contribution in [0, 0.1) is 0 Å². The smallest absolute Gasteiger partial charge is 0.410 e. The van der Waals surface area contributed by atoms with Gasteiger partial charge in [0.15, 0.2) is 0 Å². The van der Waals surface area contributed by atoms with Crippen molar-refractivity contribution >= 4 is 41.1 Å². The maximum absolute atomic E-state index is 14.3. The van der Waals surface area contributed by atoms with E-state index in [1.54, 1.807) is 4.90 Å². The Hall–Kier alpha value is -3.40. The van der Waals surface area contributed by atoms with Crippen molar-refractivity contribution in [1.82, 2.24) is 19.8 Å². The van der Waals surface area contributed by atoms with Gasteiger partial charge in [-0.1, -0.05) is 30.7 Å². The van der Waals surface area contributed by atoms with Gasteiger partial charge in [-0.05, 0) is 57.2 Å². The lowest BCUT2D eigenvalue weighted by atomic mass is 9.71. The van der Waals surface area contributed by atoms with Gasteiger partial charge in [-0.25, -0.2) is 14.8 Å². The van der Waals surface area contributed by atoms with E-state index in [0.29, 0.717) is 69.4 Å². The van der Waals surface area contributed by atoms with Crippen LogP contribution in [0.5, 0.6) is 0 Å².